The van der Waals surface area contributed by atoms with Gasteiger partial charge in [-0.2, -0.15) is 0 Å². The van der Waals surface area contributed by atoms with E-state index in [9.17, 15) is 9.59 Å². The summed E-state index contributed by atoms with van der Waals surface area (Å²) in [5, 5.41) is 5.96. The van der Waals surface area contributed by atoms with E-state index in [0.717, 1.165) is 0 Å². The van der Waals surface area contributed by atoms with Crippen molar-refractivity contribution in [3.05, 3.63) is 28.2 Å². The smallest absolute Gasteiger partial charge is 0.238 e. The molecular weight excluding hydrogens is 313 g/mol. The first kappa shape index (κ1) is 17.3. The SMILES string of the molecule is C#CCNC(=O)CN(C)CC(=O)Nc1ccc(Cl)c(Cl)c1. The molecule has 2 N–H and O–H groups in total. The highest BCUT2D eigenvalue weighted by molar-refractivity contribution is 6.42. The molecule has 5 nitrogen and oxygen atoms in total. The van der Waals surface area contributed by atoms with E-state index in [1.807, 2.05) is 0 Å². The quantitative estimate of drug-likeness (QED) is 0.780. The van der Waals surface area contributed by atoms with Crippen molar-refractivity contribution in [2.75, 3.05) is 32.0 Å². The number of carbonyl (C=O) groups is 2. The lowest BCUT2D eigenvalue weighted by molar-refractivity contribution is -0.122. The zero-order chi connectivity index (χ0) is 15.8. The Kier molecular flexibility index (Phi) is 7.03. The summed E-state index contributed by atoms with van der Waals surface area (Å²) in [7, 11) is 1.66. The van der Waals surface area contributed by atoms with E-state index in [2.05, 4.69) is 16.6 Å². The van der Waals surface area contributed by atoms with Crippen molar-refractivity contribution >= 4 is 40.7 Å². The van der Waals surface area contributed by atoms with Gasteiger partial charge in [-0.05, 0) is 25.2 Å². The van der Waals surface area contributed by atoms with Crippen LogP contribution < -0.4 is 10.6 Å². The van der Waals surface area contributed by atoms with Crippen LogP contribution in [-0.2, 0) is 9.59 Å². The molecule has 21 heavy (non-hydrogen) atoms. The second-order valence-corrected chi connectivity index (χ2v) is 5.14. The molecule has 0 heterocycles. The summed E-state index contributed by atoms with van der Waals surface area (Å²) in [6, 6.07) is 4.80. The summed E-state index contributed by atoms with van der Waals surface area (Å²) in [6.07, 6.45) is 5.03. The highest BCUT2D eigenvalue weighted by Gasteiger charge is 2.11. The number of nitrogens with one attached hydrogen (secondary N) is 2. The molecule has 0 bridgehead atoms. The molecule has 0 aliphatic rings. The average Bonchev–Trinajstić information content (AvgIpc) is 2.40. The van der Waals surface area contributed by atoms with Gasteiger partial charge in [0, 0.05) is 5.69 Å². The molecule has 7 heteroatoms. The maximum absolute atomic E-state index is 11.8. The van der Waals surface area contributed by atoms with E-state index in [1.54, 1.807) is 30.1 Å². The predicted octanol–water partition coefficient (Wildman–Crippen LogP) is 1.61. The summed E-state index contributed by atoms with van der Waals surface area (Å²) in [4.78, 5) is 24.8. The van der Waals surface area contributed by atoms with Crippen molar-refractivity contribution in [2.24, 2.45) is 0 Å². The Morgan fingerprint density at radius 2 is 1.90 bits per heavy atom. The van der Waals surface area contributed by atoms with Gasteiger partial charge in [0.2, 0.25) is 11.8 Å². The summed E-state index contributed by atoms with van der Waals surface area (Å²) >= 11 is 11.6. The van der Waals surface area contributed by atoms with Crippen LogP contribution in [0.4, 0.5) is 5.69 Å². The standard InChI is InChI=1S/C14H15Cl2N3O2/c1-3-6-17-13(20)8-19(2)9-14(21)18-10-4-5-11(15)12(16)7-10/h1,4-5,7H,6,8-9H2,2H3,(H,17,20)(H,18,21). The minimum absolute atomic E-state index is 0.0592. The van der Waals surface area contributed by atoms with E-state index in [1.165, 1.54) is 0 Å². The van der Waals surface area contributed by atoms with Gasteiger partial charge in [0.25, 0.3) is 0 Å². The van der Waals surface area contributed by atoms with Crippen LogP contribution in [0.25, 0.3) is 0 Å². The van der Waals surface area contributed by atoms with Gasteiger partial charge in [-0.15, -0.1) is 6.42 Å². The summed E-state index contributed by atoms with van der Waals surface area (Å²) in [5.41, 5.74) is 0.541. The maximum atomic E-state index is 11.8. The Morgan fingerprint density at radius 3 is 2.52 bits per heavy atom. The minimum Gasteiger partial charge on any atom is -0.344 e. The van der Waals surface area contributed by atoms with Gasteiger partial charge in [0.05, 0.1) is 29.7 Å². The van der Waals surface area contributed by atoms with E-state index in [-0.39, 0.29) is 31.4 Å². The Balaban J connectivity index is 2.44. The van der Waals surface area contributed by atoms with Gasteiger partial charge in [0.15, 0.2) is 0 Å². The van der Waals surface area contributed by atoms with Crippen LogP contribution in [0.1, 0.15) is 0 Å². The van der Waals surface area contributed by atoms with Crippen LogP contribution in [0.2, 0.25) is 10.0 Å². The Labute approximate surface area is 133 Å². The van der Waals surface area contributed by atoms with E-state index in [4.69, 9.17) is 29.6 Å². The number of terminal acetylenes is 1. The lowest BCUT2D eigenvalue weighted by atomic mass is 10.3. The molecule has 0 aromatic heterocycles. The van der Waals surface area contributed by atoms with E-state index in [0.29, 0.717) is 15.7 Å². The third-order valence-electron chi connectivity index (χ3n) is 2.42. The minimum atomic E-state index is -0.263. The largest absolute Gasteiger partial charge is 0.344 e. The number of likely N-dealkylation sites (N-methyl/N-ethyl adjacent to an activating group) is 1. The number of hydrogen-bond acceptors (Lipinski definition) is 3. The van der Waals surface area contributed by atoms with E-state index < -0.39 is 0 Å². The van der Waals surface area contributed by atoms with Gasteiger partial charge < -0.3 is 10.6 Å². The fourth-order valence-electron chi connectivity index (χ4n) is 1.53. The van der Waals surface area contributed by atoms with Gasteiger partial charge in [-0.3, -0.25) is 14.5 Å². The van der Waals surface area contributed by atoms with Crippen LogP contribution in [0.15, 0.2) is 18.2 Å². The van der Waals surface area contributed by atoms with Crippen molar-refractivity contribution in [1.29, 1.82) is 0 Å². The Bertz CT molecular complexity index is 570. The second-order valence-electron chi connectivity index (χ2n) is 4.33. The number of carbonyl (C=O) groups excluding carboxylic acids is 2. The second kappa shape index (κ2) is 8.53. The normalized spacial score (nSPS) is 10.0. The van der Waals surface area contributed by atoms with E-state index >= 15 is 0 Å². The molecule has 2 amide bonds. The van der Waals surface area contributed by atoms with Crippen LogP contribution >= 0.6 is 23.2 Å². The van der Waals surface area contributed by atoms with Crippen LogP contribution in [0, 0.1) is 12.3 Å². The molecule has 0 fully saturated rings. The fraction of sp³-hybridized carbons (Fsp3) is 0.286. The number of anilines is 1. The lowest BCUT2D eigenvalue weighted by Crippen LogP contribution is -2.39. The predicted molar refractivity (Wildman–Crippen MR) is 84.4 cm³/mol. The zero-order valence-electron chi connectivity index (χ0n) is 11.5. The lowest BCUT2D eigenvalue weighted by Gasteiger charge is -2.15. The van der Waals surface area contributed by atoms with Crippen molar-refractivity contribution in [3.63, 3.8) is 0 Å². The van der Waals surface area contributed by atoms with Crippen molar-refractivity contribution < 1.29 is 9.59 Å². The van der Waals surface area contributed by atoms with Crippen molar-refractivity contribution in [1.82, 2.24) is 10.2 Å². The molecule has 1 aromatic rings. The highest BCUT2D eigenvalue weighted by Crippen LogP contribution is 2.24. The molecule has 0 spiro atoms. The van der Waals surface area contributed by atoms with Crippen LogP contribution in [0.5, 0.6) is 0 Å². The molecule has 0 atom stereocenters. The van der Waals surface area contributed by atoms with Gasteiger partial charge in [-0.1, -0.05) is 29.1 Å². The monoisotopic (exact) mass is 327 g/mol. The first-order chi connectivity index (χ1) is 9.92. The van der Waals surface area contributed by atoms with Crippen LogP contribution in [0.3, 0.4) is 0 Å². The van der Waals surface area contributed by atoms with Gasteiger partial charge >= 0.3 is 0 Å². The Morgan fingerprint density at radius 1 is 1.24 bits per heavy atom. The van der Waals surface area contributed by atoms with Crippen molar-refractivity contribution in [2.45, 2.75) is 0 Å². The number of benzene rings is 1. The number of hydrogen-bond donors (Lipinski definition) is 2. The Hall–Kier alpha value is -1.74. The molecule has 0 saturated carbocycles. The summed E-state index contributed by atoms with van der Waals surface area (Å²) < 4.78 is 0. The van der Waals surface area contributed by atoms with Gasteiger partial charge in [-0.25, -0.2) is 0 Å². The maximum Gasteiger partial charge on any atom is 0.238 e. The number of halogens is 2. The molecule has 0 radical (unpaired) electrons. The molecule has 0 aliphatic carbocycles. The first-order valence-electron chi connectivity index (χ1n) is 6.06. The van der Waals surface area contributed by atoms with Crippen molar-refractivity contribution in [3.8, 4) is 12.3 Å². The summed E-state index contributed by atoms with van der Waals surface area (Å²) in [5.74, 6) is 1.80. The highest BCUT2D eigenvalue weighted by atomic mass is 35.5. The molecule has 1 aromatic carbocycles. The first-order valence-corrected chi connectivity index (χ1v) is 6.81. The molecule has 0 aliphatic heterocycles. The average molecular weight is 328 g/mol. The molecule has 0 unspecified atom stereocenters. The third-order valence-corrected chi connectivity index (χ3v) is 3.16. The molecule has 0 saturated heterocycles. The molecular formula is C14H15Cl2N3O2. The fourth-order valence-corrected chi connectivity index (χ4v) is 1.82. The summed E-state index contributed by atoms with van der Waals surface area (Å²) in [6.45, 7) is 0.308. The topological polar surface area (TPSA) is 61.4 Å². The number of nitrogens with zero attached hydrogens (tertiary/aromatic N) is 1. The number of rotatable bonds is 6. The molecule has 1 rings (SSSR count). The van der Waals surface area contributed by atoms with Gasteiger partial charge in [0.1, 0.15) is 0 Å². The zero-order valence-corrected chi connectivity index (χ0v) is 13.0. The molecule has 112 valence electrons. The van der Waals surface area contributed by atoms with Crippen LogP contribution in [-0.4, -0.2) is 43.4 Å². The third kappa shape index (κ3) is 6.50. The number of amides is 2.